The molecule has 1 aliphatic heterocycles. The van der Waals surface area contributed by atoms with Crippen LogP contribution in [0.4, 0.5) is 18.9 Å². The first-order chi connectivity index (χ1) is 9.30. The predicted molar refractivity (Wildman–Crippen MR) is 71.5 cm³/mol. The molecule has 0 aliphatic carbocycles. The SMILES string of the molecule is C=CC1CC(=O)N(c2ccc(OC(F)(F)F)cc2Br)C1. The van der Waals surface area contributed by atoms with Gasteiger partial charge in [0.1, 0.15) is 5.75 Å². The molecule has 1 unspecified atom stereocenters. The molecule has 108 valence electrons. The molecular formula is C13H11BrF3NO2. The summed E-state index contributed by atoms with van der Waals surface area (Å²) in [6, 6.07) is 3.80. The molecule has 1 aliphatic rings. The van der Waals surface area contributed by atoms with Crippen molar-refractivity contribution >= 4 is 27.5 Å². The van der Waals surface area contributed by atoms with Crippen molar-refractivity contribution < 1.29 is 22.7 Å². The van der Waals surface area contributed by atoms with Gasteiger partial charge in [0.25, 0.3) is 0 Å². The van der Waals surface area contributed by atoms with E-state index < -0.39 is 6.36 Å². The molecule has 1 aromatic rings. The second-order valence-electron chi connectivity index (χ2n) is 4.37. The average Bonchev–Trinajstić information content (AvgIpc) is 2.69. The number of alkyl halides is 3. The van der Waals surface area contributed by atoms with Crippen molar-refractivity contribution in [1.29, 1.82) is 0 Å². The Morgan fingerprint density at radius 2 is 2.15 bits per heavy atom. The fourth-order valence-corrected chi connectivity index (χ4v) is 2.60. The largest absolute Gasteiger partial charge is 0.573 e. The number of rotatable bonds is 3. The standard InChI is InChI=1S/C13H11BrF3NO2/c1-2-8-5-12(19)18(7-8)11-4-3-9(6-10(11)14)20-13(15,16)17/h2-4,6,8H,1,5,7H2. The summed E-state index contributed by atoms with van der Waals surface area (Å²) in [5.41, 5.74) is 0.522. The number of amides is 1. The summed E-state index contributed by atoms with van der Waals surface area (Å²) < 4.78 is 40.6. The predicted octanol–water partition coefficient (Wildman–Crippen LogP) is 3.89. The summed E-state index contributed by atoms with van der Waals surface area (Å²) in [5.74, 6) is -0.361. The molecule has 7 heteroatoms. The molecule has 0 bridgehead atoms. The summed E-state index contributed by atoms with van der Waals surface area (Å²) in [4.78, 5) is 13.4. The normalized spacial score (nSPS) is 19.3. The van der Waals surface area contributed by atoms with Crippen LogP contribution < -0.4 is 9.64 Å². The molecule has 1 heterocycles. The van der Waals surface area contributed by atoms with Gasteiger partial charge in [0.2, 0.25) is 5.91 Å². The van der Waals surface area contributed by atoms with Gasteiger partial charge < -0.3 is 9.64 Å². The second kappa shape index (κ2) is 5.47. The van der Waals surface area contributed by atoms with E-state index in [0.29, 0.717) is 23.1 Å². The summed E-state index contributed by atoms with van der Waals surface area (Å²) in [6.07, 6.45) is -2.68. The topological polar surface area (TPSA) is 29.5 Å². The number of hydrogen-bond donors (Lipinski definition) is 0. The van der Waals surface area contributed by atoms with E-state index in [2.05, 4.69) is 27.2 Å². The molecule has 0 N–H and O–H groups in total. The quantitative estimate of drug-likeness (QED) is 0.775. The van der Waals surface area contributed by atoms with Crippen LogP contribution in [0.2, 0.25) is 0 Å². The van der Waals surface area contributed by atoms with Gasteiger partial charge in [-0.3, -0.25) is 4.79 Å². The van der Waals surface area contributed by atoms with Crippen molar-refractivity contribution in [3.63, 3.8) is 0 Å². The fourth-order valence-electron chi connectivity index (χ4n) is 2.03. The minimum atomic E-state index is -4.74. The van der Waals surface area contributed by atoms with Crippen molar-refractivity contribution in [1.82, 2.24) is 0 Å². The number of halogens is 4. The van der Waals surface area contributed by atoms with Gasteiger partial charge in [-0.1, -0.05) is 6.08 Å². The molecule has 1 atom stereocenters. The van der Waals surface area contributed by atoms with E-state index in [1.54, 1.807) is 6.08 Å². The number of anilines is 1. The highest BCUT2D eigenvalue weighted by Gasteiger charge is 2.32. The van der Waals surface area contributed by atoms with E-state index >= 15 is 0 Å². The van der Waals surface area contributed by atoms with Gasteiger partial charge in [0.05, 0.1) is 5.69 Å². The Labute approximate surface area is 122 Å². The lowest BCUT2D eigenvalue weighted by molar-refractivity contribution is -0.274. The van der Waals surface area contributed by atoms with Gasteiger partial charge in [0.15, 0.2) is 0 Å². The first-order valence-corrected chi connectivity index (χ1v) is 6.57. The van der Waals surface area contributed by atoms with Crippen molar-refractivity contribution in [2.24, 2.45) is 5.92 Å². The third-order valence-electron chi connectivity index (χ3n) is 2.93. The van der Waals surface area contributed by atoms with Crippen LogP contribution in [0.1, 0.15) is 6.42 Å². The molecule has 0 spiro atoms. The van der Waals surface area contributed by atoms with E-state index in [-0.39, 0.29) is 17.6 Å². The molecule has 0 saturated carbocycles. The van der Waals surface area contributed by atoms with Gasteiger partial charge in [-0.2, -0.15) is 0 Å². The van der Waals surface area contributed by atoms with Crippen LogP contribution in [-0.4, -0.2) is 18.8 Å². The monoisotopic (exact) mass is 349 g/mol. The van der Waals surface area contributed by atoms with Crippen molar-refractivity contribution in [2.45, 2.75) is 12.8 Å². The molecule has 0 aromatic heterocycles. The maximum Gasteiger partial charge on any atom is 0.573 e. The Bertz CT molecular complexity index is 545. The van der Waals surface area contributed by atoms with E-state index in [0.717, 1.165) is 0 Å². The number of carbonyl (C=O) groups excluding carboxylic acids is 1. The molecule has 0 radical (unpaired) electrons. The average molecular weight is 350 g/mol. The van der Waals surface area contributed by atoms with Gasteiger partial charge in [-0.25, -0.2) is 0 Å². The summed E-state index contributed by atoms with van der Waals surface area (Å²) >= 11 is 3.17. The molecule has 1 aromatic carbocycles. The van der Waals surface area contributed by atoms with Crippen LogP contribution in [0.25, 0.3) is 0 Å². The lowest BCUT2D eigenvalue weighted by Crippen LogP contribution is -2.24. The molecular weight excluding hydrogens is 339 g/mol. The number of hydrogen-bond acceptors (Lipinski definition) is 2. The van der Waals surface area contributed by atoms with Crippen molar-refractivity contribution in [3.05, 3.63) is 35.3 Å². The maximum atomic E-state index is 12.1. The zero-order valence-electron chi connectivity index (χ0n) is 10.3. The Hall–Kier alpha value is -1.50. The molecule has 3 nitrogen and oxygen atoms in total. The van der Waals surface area contributed by atoms with Gasteiger partial charge in [-0.05, 0) is 34.1 Å². The van der Waals surface area contributed by atoms with E-state index in [9.17, 15) is 18.0 Å². The third-order valence-corrected chi connectivity index (χ3v) is 3.57. The molecule has 1 fully saturated rings. The van der Waals surface area contributed by atoms with E-state index in [4.69, 9.17) is 0 Å². The number of benzene rings is 1. The van der Waals surface area contributed by atoms with Gasteiger partial charge >= 0.3 is 6.36 Å². The molecule has 1 saturated heterocycles. The number of carbonyl (C=O) groups is 1. The Balaban J connectivity index is 2.22. The lowest BCUT2D eigenvalue weighted by atomic mass is 10.1. The Morgan fingerprint density at radius 1 is 1.45 bits per heavy atom. The summed E-state index contributed by atoms with van der Waals surface area (Å²) in [7, 11) is 0. The van der Waals surface area contributed by atoms with Crippen LogP contribution in [0.5, 0.6) is 5.75 Å². The second-order valence-corrected chi connectivity index (χ2v) is 5.22. The highest BCUT2D eigenvalue weighted by Crippen LogP contribution is 2.35. The third kappa shape index (κ3) is 3.33. The van der Waals surface area contributed by atoms with E-state index in [1.807, 2.05) is 0 Å². The van der Waals surface area contributed by atoms with Gasteiger partial charge in [-0.15, -0.1) is 19.8 Å². The fraction of sp³-hybridized carbons (Fsp3) is 0.308. The van der Waals surface area contributed by atoms with E-state index in [1.165, 1.54) is 23.1 Å². The van der Waals surface area contributed by atoms with Crippen LogP contribution >= 0.6 is 15.9 Å². The zero-order chi connectivity index (χ0) is 14.9. The summed E-state index contributed by atoms with van der Waals surface area (Å²) in [5, 5.41) is 0. The highest BCUT2D eigenvalue weighted by molar-refractivity contribution is 9.10. The first-order valence-electron chi connectivity index (χ1n) is 5.78. The minimum Gasteiger partial charge on any atom is -0.406 e. The van der Waals surface area contributed by atoms with Crippen LogP contribution in [0, 0.1) is 5.92 Å². The van der Waals surface area contributed by atoms with Crippen molar-refractivity contribution in [2.75, 3.05) is 11.4 Å². The van der Waals surface area contributed by atoms with Crippen LogP contribution in [-0.2, 0) is 4.79 Å². The first kappa shape index (κ1) is 14.9. The van der Waals surface area contributed by atoms with Crippen LogP contribution in [0.15, 0.2) is 35.3 Å². The van der Waals surface area contributed by atoms with Crippen LogP contribution in [0.3, 0.4) is 0 Å². The summed E-state index contributed by atoms with van der Waals surface area (Å²) in [6.45, 7) is 4.12. The minimum absolute atomic E-state index is 0.0560. The molecule has 2 rings (SSSR count). The Kier molecular flexibility index (Phi) is 4.08. The molecule has 20 heavy (non-hydrogen) atoms. The number of ether oxygens (including phenoxy) is 1. The Morgan fingerprint density at radius 3 is 2.65 bits per heavy atom. The lowest BCUT2D eigenvalue weighted by Gasteiger charge is -2.19. The zero-order valence-corrected chi connectivity index (χ0v) is 11.9. The van der Waals surface area contributed by atoms with Gasteiger partial charge in [0, 0.05) is 23.4 Å². The van der Waals surface area contributed by atoms with Crippen molar-refractivity contribution in [3.8, 4) is 5.75 Å². The smallest absolute Gasteiger partial charge is 0.406 e. The molecule has 1 amide bonds. The number of nitrogens with zero attached hydrogens (tertiary/aromatic N) is 1. The maximum absolute atomic E-state index is 12.1. The highest BCUT2D eigenvalue weighted by atomic mass is 79.9.